The van der Waals surface area contributed by atoms with E-state index in [0.717, 1.165) is 11.4 Å². The number of benzene rings is 1. The van der Waals surface area contributed by atoms with E-state index in [1.54, 1.807) is 0 Å². The van der Waals surface area contributed by atoms with Crippen molar-refractivity contribution in [2.75, 3.05) is 26.2 Å². The second kappa shape index (κ2) is 7.42. The van der Waals surface area contributed by atoms with Gasteiger partial charge in [-0.05, 0) is 25.1 Å². The molecule has 0 saturated carbocycles. The Balaban J connectivity index is 1.70. The van der Waals surface area contributed by atoms with Crippen molar-refractivity contribution in [3.63, 3.8) is 0 Å². The predicted octanol–water partition coefficient (Wildman–Crippen LogP) is 2.04. The Bertz CT molecular complexity index is 703. The number of morpholine rings is 1. The average Bonchev–Trinajstić information content (AvgIpc) is 2.57. The fourth-order valence-corrected chi connectivity index (χ4v) is 2.64. The zero-order valence-corrected chi connectivity index (χ0v) is 13.6. The number of aryl methyl sites for hydroxylation is 1. The summed E-state index contributed by atoms with van der Waals surface area (Å²) in [5.41, 5.74) is 7.23. The van der Waals surface area contributed by atoms with Crippen molar-refractivity contribution in [2.45, 2.75) is 13.0 Å². The van der Waals surface area contributed by atoms with Gasteiger partial charge in [-0.15, -0.1) is 0 Å². The first-order valence-electron chi connectivity index (χ1n) is 7.94. The number of aromatic nitrogens is 1. The molecule has 2 aromatic rings. The van der Waals surface area contributed by atoms with Gasteiger partial charge >= 0.3 is 0 Å². The van der Waals surface area contributed by atoms with Gasteiger partial charge in [-0.25, -0.2) is 4.98 Å². The normalized spacial score (nSPS) is 18.3. The number of amides is 1. The molecule has 1 aliphatic rings. The number of primary amides is 1. The van der Waals surface area contributed by atoms with Crippen LogP contribution in [0.2, 0.25) is 0 Å². The Morgan fingerprint density at radius 3 is 2.88 bits per heavy atom. The van der Waals surface area contributed by atoms with Crippen molar-refractivity contribution in [3.05, 3.63) is 53.7 Å². The van der Waals surface area contributed by atoms with Crippen LogP contribution >= 0.6 is 0 Å². The number of nitrogens with zero attached hydrogens (tertiary/aromatic N) is 2. The Kier molecular flexibility index (Phi) is 5.08. The van der Waals surface area contributed by atoms with Crippen molar-refractivity contribution in [3.8, 4) is 11.6 Å². The second-order valence-electron chi connectivity index (χ2n) is 5.88. The third kappa shape index (κ3) is 4.31. The molecule has 1 atom stereocenters. The van der Waals surface area contributed by atoms with Gasteiger partial charge in [0.15, 0.2) is 0 Å². The fraction of sp³-hybridized carbons (Fsp3) is 0.333. The first-order chi connectivity index (χ1) is 11.6. The molecule has 1 unspecified atom stereocenters. The van der Waals surface area contributed by atoms with E-state index in [1.807, 2.05) is 54.3 Å². The minimum absolute atomic E-state index is 0.195. The lowest BCUT2D eigenvalue weighted by Gasteiger charge is -2.31. The lowest BCUT2D eigenvalue weighted by molar-refractivity contribution is -0.121. The molecule has 126 valence electrons. The molecule has 6 nitrogen and oxygen atoms in total. The van der Waals surface area contributed by atoms with Crippen LogP contribution in [0.25, 0.3) is 0 Å². The Labute approximate surface area is 141 Å². The second-order valence-corrected chi connectivity index (χ2v) is 5.88. The highest BCUT2D eigenvalue weighted by molar-refractivity contribution is 5.75. The van der Waals surface area contributed by atoms with Gasteiger partial charge in [-0.1, -0.05) is 23.8 Å². The predicted molar refractivity (Wildman–Crippen MR) is 89.8 cm³/mol. The largest absolute Gasteiger partial charge is 0.439 e. The SMILES string of the molecule is Cc1ccc(Oc2cccc(C3CN(CC(N)=O)CCO3)n2)cc1. The molecule has 0 radical (unpaired) electrons. The lowest BCUT2D eigenvalue weighted by Crippen LogP contribution is -2.43. The van der Waals surface area contributed by atoms with Crippen LogP contribution in [-0.4, -0.2) is 42.0 Å². The highest BCUT2D eigenvalue weighted by Crippen LogP contribution is 2.25. The highest BCUT2D eigenvalue weighted by atomic mass is 16.5. The van der Waals surface area contributed by atoms with Crippen LogP contribution in [0, 0.1) is 6.92 Å². The van der Waals surface area contributed by atoms with Crippen molar-refractivity contribution in [1.82, 2.24) is 9.88 Å². The lowest BCUT2D eigenvalue weighted by atomic mass is 10.2. The fourth-order valence-electron chi connectivity index (χ4n) is 2.64. The molecule has 1 aromatic carbocycles. The molecule has 0 aliphatic carbocycles. The number of rotatable bonds is 5. The third-order valence-corrected chi connectivity index (χ3v) is 3.85. The zero-order valence-electron chi connectivity index (χ0n) is 13.6. The highest BCUT2D eigenvalue weighted by Gasteiger charge is 2.24. The molecule has 3 rings (SSSR count). The van der Waals surface area contributed by atoms with Gasteiger partial charge in [-0.3, -0.25) is 9.69 Å². The molecular formula is C18H21N3O3. The summed E-state index contributed by atoms with van der Waals surface area (Å²) in [5.74, 6) is 0.928. The molecule has 0 bridgehead atoms. The van der Waals surface area contributed by atoms with Crippen LogP contribution in [0.4, 0.5) is 0 Å². The molecule has 2 heterocycles. The topological polar surface area (TPSA) is 77.7 Å². The number of nitrogens with two attached hydrogens (primary N) is 1. The van der Waals surface area contributed by atoms with Crippen molar-refractivity contribution >= 4 is 5.91 Å². The Morgan fingerprint density at radius 1 is 1.33 bits per heavy atom. The monoisotopic (exact) mass is 327 g/mol. The van der Waals surface area contributed by atoms with Gasteiger partial charge in [-0.2, -0.15) is 0 Å². The van der Waals surface area contributed by atoms with E-state index in [4.69, 9.17) is 15.2 Å². The standard InChI is InChI=1S/C18H21N3O3/c1-13-5-7-14(8-6-13)24-18-4-2-3-15(20-18)16-11-21(9-10-23-16)12-17(19)22/h2-8,16H,9-12H2,1H3,(H2,19,22). The van der Waals surface area contributed by atoms with Crippen LogP contribution < -0.4 is 10.5 Å². The van der Waals surface area contributed by atoms with Crippen LogP contribution in [-0.2, 0) is 9.53 Å². The molecular weight excluding hydrogens is 306 g/mol. The molecule has 6 heteroatoms. The number of carbonyl (C=O) groups is 1. The van der Waals surface area contributed by atoms with Crippen molar-refractivity contribution < 1.29 is 14.3 Å². The van der Waals surface area contributed by atoms with Gasteiger partial charge in [0.1, 0.15) is 11.9 Å². The molecule has 1 aromatic heterocycles. The Morgan fingerprint density at radius 2 is 2.12 bits per heavy atom. The van der Waals surface area contributed by atoms with Crippen LogP contribution in [0.5, 0.6) is 11.6 Å². The molecule has 1 amide bonds. The smallest absolute Gasteiger partial charge is 0.231 e. The summed E-state index contributed by atoms with van der Waals surface area (Å²) in [4.78, 5) is 17.6. The summed E-state index contributed by atoms with van der Waals surface area (Å²) in [6.07, 6.45) is -0.195. The van der Waals surface area contributed by atoms with E-state index >= 15 is 0 Å². The number of carbonyl (C=O) groups excluding carboxylic acids is 1. The summed E-state index contributed by atoms with van der Waals surface area (Å²) >= 11 is 0. The van der Waals surface area contributed by atoms with E-state index in [9.17, 15) is 4.79 Å². The van der Waals surface area contributed by atoms with E-state index in [2.05, 4.69) is 4.98 Å². The molecule has 0 spiro atoms. The molecule has 1 saturated heterocycles. The molecule has 1 fully saturated rings. The minimum atomic E-state index is -0.333. The maximum Gasteiger partial charge on any atom is 0.231 e. The summed E-state index contributed by atoms with van der Waals surface area (Å²) in [6.45, 7) is 4.09. The van der Waals surface area contributed by atoms with Crippen molar-refractivity contribution in [2.24, 2.45) is 5.73 Å². The van der Waals surface area contributed by atoms with E-state index in [-0.39, 0.29) is 18.6 Å². The molecule has 2 N–H and O–H groups in total. The Hall–Kier alpha value is -2.44. The zero-order chi connectivity index (χ0) is 16.9. The summed E-state index contributed by atoms with van der Waals surface area (Å²) < 4.78 is 11.6. The van der Waals surface area contributed by atoms with E-state index in [0.29, 0.717) is 25.6 Å². The quantitative estimate of drug-likeness (QED) is 0.909. The summed E-state index contributed by atoms with van der Waals surface area (Å²) in [5, 5.41) is 0. The van der Waals surface area contributed by atoms with Gasteiger partial charge in [0.05, 0.1) is 18.8 Å². The van der Waals surface area contributed by atoms with Gasteiger partial charge in [0, 0.05) is 19.2 Å². The van der Waals surface area contributed by atoms with E-state index in [1.165, 1.54) is 5.56 Å². The van der Waals surface area contributed by atoms with Gasteiger partial charge in [0.2, 0.25) is 11.8 Å². The first-order valence-corrected chi connectivity index (χ1v) is 7.94. The van der Waals surface area contributed by atoms with Crippen LogP contribution in [0.3, 0.4) is 0 Å². The van der Waals surface area contributed by atoms with Crippen molar-refractivity contribution in [1.29, 1.82) is 0 Å². The van der Waals surface area contributed by atoms with E-state index < -0.39 is 0 Å². The number of pyridine rings is 1. The maximum absolute atomic E-state index is 11.1. The van der Waals surface area contributed by atoms with Crippen LogP contribution in [0.15, 0.2) is 42.5 Å². The molecule has 1 aliphatic heterocycles. The minimum Gasteiger partial charge on any atom is -0.439 e. The van der Waals surface area contributed by atoms with Crippen LogP contribution in [0.1, 0.15) is 17.4 Å². The van der Waals surface area contributed by atoms with Gasteiger partial charge < -0.3 is 15.2 Å². The third-order valence-electron chi connectivity index (χ3n) is 3.85. The number of hydrogen-bond acceptors (Lipinski definition) is 5. The number of ether oxygens (including phenoxy) is 2. The van der Waals surface area contributed by atoms with Gasteiger partial charge in [0.25, 0.3) is 0 Å². The maximum atomic E-state index is 11.1. The first kappa shape index (κ1) is 16.4. The number of hydrogen-bond donors (Lipinski definition) is 1. The molecule has 24 heavy (non-hydrogen) atoms. The summed E-state index contributed by atoms with van der Waals surface area (Å²) in [6, 6.07) is 13.4. The summed E-state index contributed by atoms with van der Waals surface area (Å²) in [7, 11) is 0. The average molecular weight is 327 g/mol.